The zero-order valence-electron chi connectivity index (χ0n) is 9.43. The molecule has 0 aliphatic rings. The van der Waals surface area contributed by atoms with Gasteiger partial charge in [0.25, 0.3) is 0 Å². The first-order valence-electron chi connectivity index (χ1n) is 5.61. The fourth-order valence-electron chi connectivity index (χ4n) is 1.74. The number of nitrogens with zero attached hydrogens (tertiary/aromatic N) is 1. The molecule has 1 aromatic carbocycles. The third-order valence-corrected chi connectivity index (χ3v) is 2.61. The van der Waals surface area contributed by atoms with Crippen LogP contribution in [-0.2, 0) is 0 Å². The lowest BCUT2D eigenvalue weighted by Gasteiger charge is -2.18. The molecule has 0 fully saturated rings. The predicted octanol–water partition coefficient (Wildman–Crippen LogP) is 3.64. The number of rotatable bonds is 4. The largest absolute Gasteiger partial charge is 0.378 e. The second-order valence-corrected chi connectivity index (χ2v) is 3.76. The van der Waals surface area contributed by atoms with Crippen molar-refractivity contribution in [3.63, 3.8) is 0 Å². The summed E-state index contributed by atoms with van der Waals surface area (Å²) in [5, 5.41) is 3.50. The highest BCUT2D eigenvalue weighted by Gasteiger charge is 2.08. The Balaban J connectivity index is 2.13. The van der Waals surface area contributed by atoms with Gasteiger partial charge in [0.05, 0.1) is 6.04 Å². The van der Waals surface area contributed by atoms with E-state index in [4.69, 9.17) is 0 Å². The maximum atomic E-state index is 4.16. The maximum absolute atomic E-state index is 4.16. The maximum Gasteiger partial charge on any atom is 0.0526 e. The summed E-state index contributed by atoms with van der Waals surface area (Å²) in [6, 6.07) is 14.7. The minimum atomic E-state index is 0.330. The summed E-state index contributed by atoms with van der Waals surface area (Å²) in [6.07, 6.45) is 4.77. The third-order valence-electron chi connectivity index (χ3n) is 2.61. The number of hydrogen-bond acceptors (Lipinski definition) is 2. The lowest BCUT2D eigenvalue weighted by Crippen LogP contribution is -2.09. The van der Waals surface area contributed by atoms with Crippen molar-refractivity contribution in [2.75, 3.05) is 5.32 Å². The van der Waals surface area contributed by atoms with E-state index >= 15 is 0 Å². The quantitative estimate of drug-likeness (QED) is 0.836. The number of para-hydroxylation sites is 1. The Morgan fingerprint density at radius 2 is 1.94 bits per heavy atom. The van der Waals surface area contributed by atoms with Crippen LogP contribution in [0.1, 0.15) is 24.9 Å². The van der Waals surface area contributed by atoms with Gasteiger partial charge in [0.15, 0.2) is 0 Å². The first-order valence-corrected chi connectivity index (χ1v) is 5.61. The number of anilines is 1. The molecule has 0 aliphatic carbocycles. The summed E-state index contributed by atoms with van der Waals surface area (Å²) < 4.78 is 0. The van der Waals surface area contributed by atoms with Crippen molar-refractivity contribution in [2.24, 2.45) is 0 Å². The van der Waals surface area contributed by atoms with Crippen LogP contribution in [0.15, 0.2) is 54.9 Å². The summed E-state index contributed by atoms with van der Waals surface area (Å²) in [5.41, 5.74) is 2.38. The van der Waals surface area contributed by atoms with E-state index in [1.54, 1.807) is 6.20 Å². The van der Waals surface area contributed by atoms with E-state index < -0.39 is 0 Å². The van der Waals surface area contributed by atoms with Gasteiger partial charge in [-0.25, -0.2) is 0 Å². The Morgan fingerprint density at radius 1 is 1.12 bits per heavy atom. The minimum Gasteiger partial charge on any atom is -0.378 e. The summed E-state index contributed by atoms with van der Waals surface area (Å²) >= 11 is 0. The standard InChI is InChI=1S/C14H16N2/c1-2-14(12-7-6-10-15-11-12)16-13-8-4-3-5-9-13/h3-11,14,16H,2H2,1H3. The molecule has 1 N–H and O–H groups in total. The monoisotopic (exact) mass is 212 g/mol. The van der Waals surface area contributed by atoms with E-state index in [9.17, 15) is 0 Å². The molecule has 0 amide bonds. The molecule has 2 heteroatoms. The van der Waals surface area contributed by atoms with Crippen LogP contribution in [0.3, 0.4) is 0 Å². The van der Waals surface area contributed by atoms with Crippen LogP contribution in [0.5, 0.6) is 0 Å². The van der Waals surface area contributed by atoms with Crippen LogP contribution in [0, 0.1) is 0 Å². The van der Waals surface area contributed by atoms with Crippen LogP contribution in [0.4, 0.5) is 5.69 Å². The highest BCUT2D eigenvalue weighted by atomic mass is 14.9. The fourth-order valence-corrected chi connectivity index (χ4v) is 1.74. The van der Waals surface area contributed by atoms with Crippen molar-refractivity contribution in [3.05, 3.63) is 60.4 Å². The van der Waals surface area contributed by atoms with Crippen LogP contribution >= 0.6 is 0 Å². The van der Waals surface area contributed by atoms with Gasteiger partial charge in [-0.15, -0.1) is 0 Å². The molecule has 1 unspecified atom stereocenters. The molecule has 0 saturated carbocycles. The summed E-state index contributed by atoms with van der Waals surface area (Å²) in [5.74, 6) is 0. The molecule has 0 spiro atoms. The Kier molecular flexibility index (Phi) is 3.54. The number of pyridine rings is 1. The van der Waals surface area contributed by atoms with E-state index in [1.807, 2.05) is 30.5 Å². The summed E-state index contributed by atoms with van der Waals surface area (Å²) in [7, 11) is 0. The predicted molar refractivity (Wildman–Crippen MR) is 67.3 cm³/mol. The van der Waals surface area contributed by atoms with E-state index in [2.05, 4.69) is 35.4 Å². The molecule has 16 heavy (non-hydrogen) atoms. The van der Waals surface area contributed by atoms with Gasteiger partial charge in [0.2, 0.25) is 0 Å². The van der Waals surface area contributed by atoms with Crippen molar-refractivity contribution >= 4 is 5.69 Å². The zero-order valence-corrected chi connectivity index (χ0v) is 9.43. The smallest absolute Gasteiger partial charge is 0.0526 e. The lowest BCUT2D eigenvalue weighted by molar-refractivity contribution is 0.745. The number of aromatic nitrogens is 1. The van der Waals surface area contributed by atoms with Crippen molar-refractivity contribution < 1.29 is 0 Å². The van der Waals surface area contributed by atoms with Crippen molar-refractivity contribution in [3.8, 4) is 0 Å². The lowest BCUT2D eigenvalue weighted by atomic mass is 10.1. The zero-order chi connectivity index (χ0) is 11.2. The molecular formula is C14H16N2. The average Bonchev–Trinajstić information content (AvgIpc) is 2.38. The Morgan fingerprint density at radius 3 is 2.56 bits per heavy atom. The van der Waals surface area contributed by atoms with Gasteiger partial charge in [-0.05, 0) is 30.2 Å². The topological polar surface area (TPSA) is 24.9 Å². The van der Waals surface area contributed by atoms with E-state index in [1.165, 1.54) is 5.56 Å². The number of benzene rings is 1. The van der Waals surface area contributed by atoms with E-state index in [-0.39, 0.29) is 0 Å². The fraction of sp³-hybridized carbons (Fsp3) is 0.214. The SMILES string of the molecule is CCC(Nc1ccccc1)c1cccnc1. The molecule has 2 aromatic rings. The average molecular weight is 212 g/mol. The first-order chi connectivity index (χ1) is 7.90. The van der Waals surface area contributed by atoms with Crippen molar-refractivity contribution in [2.45, 2.75) is 19.4 Å². The van der Waals surface area contributed by atoms with Gasteiger partial charge in [-0.3, -0.25) is 4.98 Å². The van der Waals surface area contributed by atoms with Crippen LogP contribution in [-0.4, -0.2) is 4.98 Å². The molecule has 1 aromatic heterocycles. The molecule has 0 saturated heterocycles. The van der Waals surface area contributed by atoms with Crippen molar-refractivity contribution in [1.82, 2.24) is 4.98 Å². The molecule has 2 rings (SSSR count). The van der Waals surface area contributed by atoms with Gasteiger partial charge in [-0.1, -0.05) is 31.2 Å². The van der Waals surface area contributed by atoms with E-state index in [0.717, 1.165) is 12.1 Å². The molecule has 2 nitrogen and oxygen atoms in total. The van der Waals surface area contributed by atoms with Gasteiger partial charge in [0.1, 0.15) is 0 Å². The molecule has 0 radical (unpaired) electrons. The molecular weight excluding hydrogens is 196 g/mol. The number of nitrogens with one attached hydrogen (secondary N) is 1. The van der Waals surface area contributed by atoms with Crippen LogP contribution < -0.4 is 5.32 Å². The molecule has 0 aliphatic heterocycles. The Hall–Kier alpha value is -1.83. The van der Waals surface area contributed by atoms with Crippen LogP contribution in [0.2, 0.25) is 0 Å². The minimum absolute atomic E-state index is 0.330. The van der Waals surface area contributed by atoms with Gasteiger partial charge in [-0.2, -0.15) is 0 Å². The molecule has 0 bridgehead atoms. The number of hydrogen-bond donors (Lipinski definition) is 1. The van der Waals surface area contributed by atoms with Gasteiger partial charge >= 0.3 is 0 Å². The van der Waals surface area contributed by atoms with Crippen LogP contribution in [0.25, 0.3) is 0 Å². The van der Waals surface area contributed by atoms with Gasteiger partial charge < -0.3 is 5.32 Å². The second kappa shape index (κ2) is 5.31. The molecule has 1 atom stereocenters. The molecule has 1 heterocycles. The highest BCUT2D eigenvalue weighted by Crippen LogP contribution is 2.21. The Bertz CT molecular complexity index is 411. The summed E-state index contributed by atoms with van der Waals surface area (Å²) in [6.45, 7) is 2.17. The Labute approximate surface area is 96.4 Å². The van der Waals surface area contributed by atoms with Crippen molar-refractivity contribution in [1.29, 1.82) is 0 Å². The second-order valence-electron chi connectivity index (χ2n) is 3.76. The third kappa shape index (κ3) is 2.60. The first kappa shape index (κ1) is 10.7. The van der Waals surface area contributed by atoms with E-state index in [0.29, 0.717) is 6.04 Å². The summed E-state index contributed by atoms with van der Waals surface area (Å²) in [4.78, 5) is 4.16. The normalized spacial score (nSPS) is 12.1. The molecule has 82 valence electrons. The highest BCUT2D eigenvalue weighted by molar-refractivity contribution is 5.44. The van der Waals surface area contributed by atoms with Gasteiger partial charge in [0, 0.05) is 18.1 Å².